The van der Waals surface area contributed by atoms with E-state index in [4.69, 9.17) is 4.74 Å². The number of nitrogens with zero attached hydrogens (tertiary/aromatic N) is 1. The first-order valence-corrected chi connectivity index (χ1v) is 8.24. The number of benzene rings is 1. The van der Waals surface area contributed by atoms with Gasteiger partial charge in [-0.1, -0.05) is 12.1 Å². The van der Waals surface area contributed by atoms with E-state index in [0.29, 0.717) is 0 Å². The number of halogens is 3. The summed E-state index contributed by atoms with van der Waals surface area (Å²) in [6, 6.07) is 2.84. The summed E-state index contributed by atoms with van der Waals surface area (Å²) in [5.41, 5.74) is -3.23. The standard InChI is InChI=1S/C18H22F3NO5/c1-16(2,3)27-15(24)22-10-17(25,9-13(22)14(23)26-4)11-5-7-12(8-6-11)18(19,20)21/h5-8,13,25H,9-10H2,1-4H3/t13-,17+/m0/s1. The number of hydrogen-bond acceptors (Lipinski definition) is 5. The Hall–Kier alpha value is -2.29. The molecule has 1 aromatic rings. The number of amides is 1. The second-order valence-corrected chi connectivity index (χ2v) is 7.46. The molecule has 1 N–H and O–H groups in total. The summed E-state index contributed by atoms with van der Waals surface area (Å²) < 4.78 is 48.2. The van der Waals surface area contributed by atoms with Crippen molar-refractivity contribution < 1.29 is 37.3 Å². The molecule has 0 unspecified atom stereocenters. The number of alkyl halides is 3. The van der Waals surface area contributed by atoms with Gasteiger partial charge in [0.25, 0.3) is 0 Å². The number of methoxy groups -OCH3 is 1. The van der Waals surface area contributed by atoms with Gasteiger partial charge in [-0.05, 0) is 38.5 Å². The van der Waals surface area contributed by atoms with E-state index >= 15 is 0 Å². The summed E-state index contributed by atoms with van der Waals surface area (Å²) in [6.07, 6.45) is -5.54. The molecule has 1 amide bonds. The molecular weight excluding hydrogens is 367 g/mol. The third-order valence-corrected chi connectivity index (χ3v) is 4.19. The lowest BCUT2D eigenvalue weighted by atomic mass is 9.90. The SMILES string of the molecule is COC(=O)[C@@H]1C[C@](O)(c2ccc(C(F)(F)F)cc2)CN1C(=O)OC(C)(C)C. The third-order valence-electron chi connectivity index (χ3n) is 4.19. The first kappa shape index (κ1) is 21.0. The molecule has 150 valence electrons. The molecule has 1 aliphatic rings. The van der Waals surface area contributed by atoms with Crippen LogP contribution in [-0.2, 0) is 26.0 Å². The number of carbonyl (C=O) groups is 2. The molecular formula is C18H22F3NO5. The van der Waals surface area contributed by atoms with E-state index in [-0.39, 0.29) is 18.5 Å². The van der Waals surface area contributed by atoms with Crippen molar-refractivity contribution in [1.82, 2.24) is 4.90 Å². The number of rotatable bonds is 2. The van der Waals surface area contributed by atoms with E-state index in [1.165, 1.54) is 0 Å². The minimum Gasteiger partial charge on any atom is -0.467 e. The second kappa shape index (κ2) is 7.03. The van der Waals surface area contributed by atoms with Crippen molar-refractivity contribution in [3.63, 3.8) is 0 Å². The van der Waals surface area contributed by atoms with E-state index in [2.05, 4.69) is 4.74 Å². The van der Waals surface area contributed by atoms with E-state index in [0.717, 1.165) is 36.3 Å². The number of β-amino-alcohol motifs (C(OH)–C–C–N with tert-alkyl or cyclic N) is 1. The Labute approximate surface area is 154 Å². The summed E-state index contributed by atoms with van der Waals surface area (Å²) in [5, 5.41) is 11.0. The topological polar surface area (TPSA) is 76.1 Å². The highest BCUT2D eigenvalue weighted by Crippen LogP contribution is 2.38. The molecule has 0 aliphatic carbocycles. The predicted octanol–water partition coefficient (Wildman–Crippen LogP) is 3.08. The summed E-state index contributed by atoms with van der Waals surface area (Å²) in [5.74, 6) is -0.747. The smallest absolute Gasteiger partial charge is 0.416 e. The first-order valence-electron chi connectivity index (χ1n) is 8.24. The fourth-order valence-electron chi connectivity index (χ4n) is 2.92. The Morgan fingerprint density at radius 1 is 1.19 bits per heavy atom. The molecule has 1 heterocycles. The average Bonchev–Trinajstić information content (AvgIpc) is 2.91. The maximum Gasteiger partial charge on any atom is 0.416 e. The van der Waals surface area contributed by atoms with E-state index < -0.39 is 41.0 Å². The van der Waals surface area contributed by atoms with Crippen molar-refractivity contribution in [3.05, 3.63) is 35.4 Å². The highest BCUT2D eigenvalue weighted by atomic mass is 19.4. The van der Waals surface area contributed by atoms with Crippen LogP contribution in [0.15, 0.2) is 24.3 Å². The Morgan fingerprint density at radius 2 is 1.74 bits per heavy atom. The number of carbonyl (C=O) groups excluding carboxylic acids is 2. The fraction of sp³-hybridized carbons (Fsp3) is 0.556. The Morgan fingerprint density at radius 3 is 2.19 bits per heavy atom. The van der Waals surface area contributed by atoms with Crippen LogP contribution in [0.25, 0.3) is 0 Å². The quantitative estimate of drug-likeness (QED) is 0.787. The maximum atomic E-state index is 12.7. The summed E-state index contributed by atoms with van der Waals surface area (Å²) in [4.78, 5) is 25.5. The van der Waals surface area contributed by atoms with Gasteiger partial charge in [-0.2, -0.15) is 13.2 Å². The van der Waals surface area contributed by atoms with Gasteiger partial charge in [0.2, 0.25) is 0 Å². The predicted molar refractivity (Wildman–Crippen MR) is 88.7 cm³/mol. The summed E-state index contributed by atoms with van der Waals surface area (Å²) in [7, 11) is 1.14. The van der Waals surface area contributed by atoms with Gasteiger partial charge in [-0.15, -0.1) is 0 Å². The molecule has 0 radical (unpaired) electrons. The zero-order valence-corrected chi connectivity index (χ0v) is 15.5. The molecule has 1 aliphatic heterocycles. The lowest BCUT2D eigenvalue weighted by molar-refractivity contribution is -0.145. The van der Waals surface area contributed by atoms with Crippen LogP contribution in [0.2, 0.25) is 0 Å². The number of likely N-dealkylation sites (tertiary alicyclic amines) is 1. The maximum absolute atomic E-state index is 12.7. The molecule has 0 aromatic heterocycles. The molecule has 2 atom stereocenters. The lowest BCUT2D eigenvalue weighted by Gasteiger charge is -2.28. The first-order chi connectivity index (χ1) is 12.3. The zero-order chi connectivity index (χ0) is 20.6. The normalized spacial score (nSPS) is 23.3. The van der Waals surface area contributed by atoms with Gasteiger partial charge in [-0.25, -0.2) is 9.59 Å². The van der Waals surface area contributed by atoms with Crippen molar-refractivity contribution in [2.45, 2.75) is 50.6 Å². The molecule has 2 rings (SSSR count). The number of aliphatic hydroxyl groups is 1. The van der Waals surface area contributed by atoms with Crippen molar-refractivity contribution in [2.24, 2.45) is 0 Å². The summed E-state index contributed by atoms with van der Waals surface area (Å²) >= 11 is 0. The molecule has 0 spiro atoms. The molecule has 0 bridgehead atoms. The van der Waals surface area contributed by atoms with Crippen LogP contribution in [0, 0.1) is 0 Å². The van der Waals surface area contributed by atoms with E-state index in [1.54, 1.807) is 20.8 Å². The molecule has 0 saturated carbocycles. The van der Waals surface area contributed by atoms with Crippen molar-refractivity contribution in [2.75, 3.05) is 13.7 Å². The Kier molecular flexibility index (Phi) is 5.47. The minimum atomic E-state index is -4.51. The summed E-state index contributed by atoms with van der Waals surface area (Å²) in [6.45, 7) is 4.63. The van der Waals surface area contributed by atoms with Crippen molar-refractivity contribution >= 4 is 12.1 Å². The number of ether oxygens (including phenoxy) is 2. The van der Waals surface area contributed by atoms with Gasteiger partial charge < -0.3 is 14.6 Å². The highest BCUT2D eigenvalue weighted by molar-refractivity contribution is 5.82. The fourth-order valence-corrected chi connectivity index (χ4v) is 2.92. The number of hydrogen-bond donors (Lipinski definition) is 1. The molecule has 1 saturated heterocycles. The Bertz CT molecular complexity index is 711. The molecule has 6 nitrogen and oxygen atoms in total. The second-order valence-electron chi connectivity index (χ2n) is 7.46. The van der Waals surface area contributed by atoms with Gasteiger partial charge in [0.05, 0.1) is 19.2 Å². The molecule has 1 fully saturated rings. The van der Waals surface area contributed by atoms with Crippen LogP contribution < -0.4 is 0 Å². The van der Waals surface area contributed by atoms with Gasteiger partial charge in [0.15, 0.2) is 0 Å². The van der Waals surface area contributed by atoms with Gasteiger partial charge in [-0.3, -0.25) is 4.90 Å². The Balaban J connectivity index is 2.32. The van der Waals surface area contributed by atoms with Gasteiger partial charge in [0.1, 0.15) is 17.2 Å². The number of esters is 1. The van der Waals surface area contributed by atoms with Crippen LogP contribution in [0.4, 0.5) is 18.0 Å². The molecule has 27 heavy (non-hydrogen) atoms. The van der Waals surface area contributed by atoms with E-state index in [1.807, 2.05) is 0 Å². The monoisotopic (exact) mass is 389 g/mol. The minimum absolute atomic E-state index is 0.162. The van der Waals surface area contributed by atoms with Crippen LogP contribution in [0.1, 0.15) is 38.3 Å². The van der Waals surface area contributed by atoms with E-state index in [9.17, 15) is 27.9 Å². The van der Waals surface area contributed by atoms with Gasteiger partial charge >= 0.3 is 18.2 Å². The third kappa shape index (κ3) is 4.71. The van der Waals surface area contributed by atoms with Crippen molar-refractivity contribution in [1.29, 1.82) is 0 Å². The van der Waals surface area contributed by atoms with Crippen LogP contribution in [0.3, 0.4) is 0 Å². The lowest BCUT2D eigenvalue weighted by Crippen LogP contribution is -2.44. The van der Waals surface area contributed by atoms with Crippen molar-refractivity contribution in [3.8, 4) is 0 Å². The van der Waals surface area contributed by atoms with Crippen LogP contribution in [0.5, 0.6) is 0 Å². The largest absolute Gasteiger partial charge is 0.467 e. The molecule has 9 heteroatoms. The highest BCUT2D eigenvalue weighted by Gasteiger charge is 2.50. The molecule has 1 aromatic carbocycles. The van der Waals surface area contributed by atoms with Crippen LogP contribution in [-0.4, -0.2) is 47.4 Å². The van der Waals surface area contributed by atoms with Gasteiger partial charge in [0, 0.05) is 6.42 Å². The van der Waals surface area contributed by atoms with Crippen LogP contribution >= 0.6 is 0 Å². The average molecular weight is 389 g/mol. The zero-order valence-electron chi connectivity index (χ0n) is 15.5.